The van der Waals surface area contributed by atoms with Crippen LogP contribution in [0.1, 0.15) is 0 Å². The number of amides is 5. The number of likely N-dealkylation sites (N-methyl/N-ethyl adjacent to an activating group) is 3. The van der Waals surface area contributed by atoms with E-state index in [1.165, 1.54) is 35.8 Å². The molecular weight excluding hydrogens is 212 g/mol. The molecule has 1 fully saturated rings. The summed E-state index contributed by atoms with van der Waals surface area (Å²) in [6, 6.07) is -0.735. The maximum Gasteiger partial charge on any atom is 0.328 e. The number of imide groups is 1. The molecule has 0 spiro atoms. The fourth-order valence-electron chi connectivity index (χ4n) is 1.62. The lowest BCUT2D eigenvalue weighted by molar-refractivity contribution is -0.130. The number of rotatable bonds is 1. The van der Waals surface area contributed by atoms with Gasteiger partial charge in [-0.15, -0.1) is 0 Å². The van der Waals surface area contributed by atoms with Crippen molar-refractivity contribution in [1.29, 1.82) is 0 Å². The first-order chi connectivity index (χ1) is 7.29. The van der Waals surface area contributed by atoms with E-state index in [1.807, 2.05) is 0 Å². The smallest absolute Gasteiger partial charge is 0.328 e. The molecule has 90 valence electrons. The molecule has 0 N–H and O–H groups in total. The highest BCUT2D eigenvalue weighted by atomic mass is 16.2. The molecule has 1 unspecified atom stereocenters. The van der Waals surface area contributed by atoms with E-state index in [1.54, 1.807) is 14.1 Å². The summed E-state index contributed by atoms with van der Waals surface area (Å²) in [4.78, 5) is 39.8. The molecule has 0 radical (unpaired) electrons. The van der Waals surface area contributed by atoms with Gasteiger partial charge >= 0.3 is 12.1 Å². The van der Waals surface area contributed by atoms with Crippen molar-refractivity contribution >= 4 is 18.0 Å². The van der Waals surface area contributed by atoms with Crippen molar-refractivity contribution in [2.75, 3.05) is 35.2 Å². The Bertz CT molecular complexity index is 342. The Kier molecular flexibility index (Phi) is 3.06. The van der Waals surface area contributed by atoms with E-state index in [0.717, 1.165) is 4.90 Å². The summed E-state index contributed by atoms with van der Waals surface area (Å²) in [5, 5.41) is 0. The minimum absolute atomic E-state index is 0.326. The Morgan fingerprint density at radius 3 is 2.00 bits per heavy atom. The van der Waals surface area contributed by atoms with Crippen molar-refractivity contribution in [2.45, 2.75) is 6.17 Å². The van der Waals surface area contributed by atoms with Crippen LogP contribution in [0.5, 0.6) is 0 Å². The maximum atomic E-state index is 11.7. The quantitative estimate of drug-likeness (QED) is 0.566. The molecule has 0 saturated carbocycles. The lowest BCUT2D eigenvalue weighted by atomic mass is 10.4. The van der Waals surface area contributed by atoms with Crippen molar-refractivity contribution in [3.8, 4) is 0 Å². The van der Waals surface area contributed by atoms with Crippen molar-refractivity contribution in [3.63, 3.8) is 0 Å². The van der Waals surface area contributed by atoms with Gasteiger partial charge in [-0.2, -0.15) is 0 Å². The number of carbonyl (C=O) groups excluding carboxylic acids is 3. The number of hydrogen-bond acceptors (Lipinski definition) is 3. The van der Waals surface area contributed by atoms with Crippen LogP contribution in [0.2, 0.25) is 0 Å². The summed E-state index contributed by atoms with van der Waals surface area (Å²) in [6.07, 6.45) is -0.854. The molecule has 1 heterocycles. The summed E-state index contributed by atoms with van der Waals surface area (Å²) >= 11 is 0. The van der Waals surface area contributed by atoms with Crippen molar-refractivity contribution in [3.05, 3.63) is 0 Å². The van der Waals surface area contributed by atoms with Gasteiger partial charge in [-0.3, -0.25) is 19.5 Å². The van der Waals surface area contributed by atoms with Gasteiger partial charge in [0.25, 0.3) is 5.91 Å². The summed E-state index contributed by atoms with van der Waals surface area (Å²) in [6.45, 7) is 0. The second-order valence-electron chi connectivity index (χ2n) is 3.95. The molecule has 7 nitrogen and oxygen atoms in total. The zero-order valence-corrected chi connectivity index (χ0v) is 10.1. The summed E-state index contributed by atoms with van der Waals surface area (Å²) in [5.41, 5.74) is 0. The predicted molar refractivity (Wildman–Crippen MR) is 56.6 cm³/mol. The van der Waals surface area contributed by atoms with Gasteiger partial charge in [0, 0.05) is 35.2 Å². The molecule has 0 aromatic heterocycles. The molecule has 1 rings (SSSR count). The van der Waals surface area contributed by atoms with Gasteiger partial charge in [-0.25, -0.2) is 9.59 Å². The van der Waals surface area contributed by atoms with Crippen LogP contribution in [0.4, 0.5) is 9.59 Å². The van der Waals surface area contributed by atoms with Gasteiger partial charge in [0.1, 0.15) is 0 Å². The third-order valence-electron chi connectivity index (χ3n) is 2.56. The average molecular weight is 228 g/mol. The molecule has 1 atom stereocenters. The van der Waals surface area contributed by atoms with Gasteiger partial charge in [0.15, 0.2) is 6.17 Å². The molecule has 1 aliphatic rings. The van der Waals surface area contributed by atoms with E-state index < -0.39 is 18.1 Å². The van der Waals surface area contributed by atoms with Gasteiger partial charge in [0.2, 0.25) is 0 Å². The van der Waals surface area contributed by atoms with Crippen LogP contribution in [0.25, 0.3) is 0 Å². The van der Waals surface area contributed by atoms with E-state index in [4.69, 9.17) is 0 Å². The minimum Gasteiger partial charge on any atom is -0.331 e. The van der Waals surface area contributed by atoms with Gasteiger partial charge in [0.05, 0.1) is 0 Å². The van der Waals surface area contributed by atoms with Crippen LogP contribution in [-0.2, 0) is 4.79 Å². The Morgan fingerprint density at radius 2 is 1.69 bits per heavy atom. The maximum absolute atomic E-state index is 11.7. The van der Waals surface area contributed by atoms with Crippen LogP contribution >= 0.6 is 0 Å². The lowest BCUT2D eigenvalue weighted by Gasteiger charge is -2.29. The highest BCUT2D eigenvalue weighted by molar-refractivity contribution is 6.04. The predicted octanol–water partition coefficient (Wildman–Crippen LogP) is -0.550. The fourth-order valence-corrected chi connectivity index (χ4v) is 1.62. The van der Waals surface area contributed by atoms with Gasteiger partial charge < -0.3 is 4.90 Å². The monoisotopic (exact) mass is 228 g/mol. The summed E-state index contributed by atoms with van der Waals surface area (Å²) in [7, 11) is 7.56. The standard InChI is InChI=1S/C9H16N4O3/c1-10(2)8(15)11(3)6-7(14)13(5)9(16)12(6)4/h6H,1-5H3. The molecule has 1 aliphatic heterocycles. The van der Waals surface area contributed by atoms with Crippen molar-refractivity contribution < 1.29 is 14.4 Å². The van der Waals surface area contributed by atoms with E-state index in [0.29, 0.717) is 0 Å². The van der Waals surface area contributed by atoms with E-state index in [2.05, 4.69) is 0 Å². The van der Waals surface area contributed by atoms with Crippen LogP contribution < -0.4 is 0 Å². The van der Waals surface area contributed by atoms with Crippen molar-refractivity contribution in [1.82, 2.24) is 19.6 Å². The van der Waals surface area contributed by atoms with Crippen LogP contribution in [0, 0.1) is 0 Å². The SMILES string of the molecule is CN(C)C(=O)N(C)C1C(=O)N(C)C(=O)N1C. The summed E-state index contributed by atoms with van der Waals surface area (Å²) < 4.78 is 0. The van der Waals surface area contributed by atoms with E-state index in [9.17, 15) is 14.4 Å². The Hall–Kier alpha value is -1.79. The normalized spacial score (nSPS) is 20.4. The molecule has 0 aromatic rings. The van der Waals surface area contributed by atoms with Crippen LogP contribution in [0.3, 0.4) is 0 Å². The number of urea groups is 2. The highest BCUT2D eigenvalue weighted by Crippen LogP contribution is 2.16. The van der Waals surface area contributed by atoms with Crippen molar-refractivity contribution in [2.24, 2.45) is 0 Å². The van der Waals surface area contributed by atoms with Crippen LogP contribution in [0.15, 0.2) is 0 Å². The molecule has 0 aliphatic carbocycles. The molecule has 16 heavy (non-hydrogen) atoms. The highest BCUT2D eigenvalue weighted by Gasteiger charge is 2.44. The van der Waals surface area contributed by atoms with Gasteiger partial charge in [-0.1, -0.05) is 0 Å². The second kappa shape index (κ2) is 3.99. The molecule has 0 bridgehead atoms. The fraction of sp³-hybridized carbons (Fsp3) is 0.667. The minimum atomic E-state index is -0.854. The molecule has 1 saturated heterocycles. The molecule has 0 aromatic carbocycles. The first kappa shape index (κ1) is 12.3. The Morgan fingerprint density at radius 1 is 1.19 bits per heavy atom. The first-order valence-electron chi connectivity index (χ1n) is 4.77. The average Bonchev–Trinajstić information content (AvgIpc) is 2.41. The second-order valence-corrected chi connectivity index (χ2v) is 3.95. The summed E-state index contributed by atoms with van der Waals surface area (Å²) in [5.74, 6) is -0.398. The largest absolute Gasteiger partial charge is 0.331 e. The van der Waals surface area contributed by atoms with E-state index in [-0.39, 0.29) is 6.03 Å². The number of hydrogen-bond donors (Lipinski definition) is 0. The Labute approximate surface area is 94.2 Å². The zero-order valence-electron chi connectivity index (χ0n) is 10.1. The third kappa shape index (κ3) is 1.68. The zero-order chi connectivity index (χ0) is 12.6. The molecule has 5 amide bonds. The first-order valence-corrected chi connectivity index (χ1v) is 4.77. The molecule has 7 heteroatoms. The Balaban J connectivity index is 2.93. The topological polar surface area (TPSA) is 64.2 Å². The third-order valence-corrected chi connectivity index (χ3v) is 2.56. The van der Waals surface area contributed by atoms with E-state index >= 15 is 0 Å². The number of nitrogens with zero attached hydrogens (tertiary/aromatic N) is 4. The lowest BCUT2D eigenvalue weighted by Crippen LogP contribution is -2.51. The number of carbonyl (C=O) groups is 3. The van der Waals surface area contributed by atoms with Crippen LogP contribution in [-0.4, -0.2) is 79.0 Å². The van der Waals surface area contributed by atoms with Gasteiger partial charge in [-0.05, 0) is 0 Å². The molecular formula is C9H16N4O3.